The Labute approximate surface area is 134 Å². The molecule has 0 aliphatic carbocycles. The van der Waals surface area contributed by atoms with Gasteiger partial charge in [-0.15, -0.1) is 0 Å². The van der Waals surface area contributed by atoms with Crippen molar-refractivity contribution in [2.45, 2.75) is 13.8 Å². The van der Waals surface area contributed by atoms with Gasteiger partial charge in [-0.1, -0.05) is 13.8 Å². The monoisotopic (exact) mass is 323 g/mol. The number of hydrogen-bond acceptors (Lipinski definition) is 6. The molecule has 126 valence electrons. The molecule has 7 heteroatoms. The van der Waals surface area contributed by atoms with Crippen LogP contribution in [0.2, 0.25) is 0 Å². The summed E-state index contributed by atoms with van der Waals surface area (Å²) in [5.41, 5.74) is 0.239. The van der Waals surface area contributed by atoms with Gasteiger partial charge >= 0.3 is 5.97 Å². The van der Waals surface area contributed by atoms with Crippen molar-refractivity contribution in [1.82, 2.24) is 5.32 Å². The zero-order chi connectivity index (χ0) is 16.8. The quantitative estimate of drug-likeness (QED) is 0.797. The van der Waals surface area contributed by atoms with E-state index in [2.05, 4.69) is 5.32 Å². The lowest BCUT2D eigenvalue weighted by molar-refractivity contribution is -0.124. The van der Waals surface area contributed by atoms with Crippen LogP contribution < -0.4 is 19.5 Å². The van der Waals surface area contributed by atoms with Crippen molar-refractivity contribution < 1.29 is 28.5 Å². The van der Waals surface area contributed by atoms with E-state index in [-0.39, 0.29) is 18.1 Å². The molecule has 0 atom stereocenters. The van der Waals surface area contributed by atoms with Crippen LogP contribution in [0.5, 0.6) is 17.2 Å². The molecular formula is C16H21NO6. The fourth-order valence-electron chi connectivity index (χ4n) is 1.97. The fraction of sp³-hybridized carbons (Fsp3) is 0.500. The summed E-state index contributed by atoms with van der Waals surface area (Å²) in [6.07, 6.45) is 0. The lowest BCUT2D eigenvalue weighted by Crippen LogP contribution is -2.31. The molecule has 1 aliphatic heterocycles. The number of amides is 1. The highest BCUT2D eigenvalue weighted by molar-refractivity contribution is 5.92. The number of benzene rings is 1. The average Bonchev–Trinajstić information content (AvgIpc) is 2.56. The van der Waals surface area contributed by atoms with Crippen LogP contribution >= 0.6 is 0 Å². The van der Waals surface area contributed by atoms with Crippen molar-refractivity contribution in [2.75, 3.05) is 33.5 Å². The van der Waals surface area contributed by atoms with Crippen LogP contribution in [0.1, 0.15) is 24.2 Å². The van der Waals surface area contributed by atoms with Crippen LogP contribution in [0.3, 0.4) is 0 Å². The molecule has 7 nitrogen and oxygen atoms in total. The summed E-state index contributed by atoms with van der Waals surface area (Å²) >= 11 is 0. The topological polar surface area (TPSA) is 83.1 Å². The van der Waals surface area contributed by atoms with Crippen LogP contribution in [-0.2, 0) is 9.53 Å². The first-order valence-electron chi connectivity index (χ1n) is 7.42. The average molecular weight is 323 g/mol. The molecule has 1 aliphatic rings. The lowest BCUT2D eigenvalue weighted by Gasteiger charge is -2.21. The first kappa shape index (κ1) is 16.9. The van der Waals surface area contributed by atoms with E-state index in [9.17, 15) is 9.59 Å². The fourth-order valence-corrected chi connectivity index (χ4v) is 1.97. The van der Waals surface area contributed by atoms with Crippen molar-refractivity contribution in [1.29, 1.82) is 0 Å². The molecule has 23 heavy (non-hydrogen) atoms. The standard InChI is InChI=1S/C16H21NO6/c1-10(2)8-17-14(18)9-23-16(19)11-6-12(20-3)15-13(7-11)21-4-5-22-15/h6-7,10H,4-5,8-9H2,1-3H3,(H,17,18). The van der Waals surface area contributed by atoms with E-state index in [1.165, 1.54) is 19.2 Å². The Kier molecular flexibility index (Phi) is 5.67. The largest absolute Gasteiger partial charge is 0.493 e. The molecule has 0 fully saturated rings. The number of nitrogens with one attached hydrogen (secondary N) is 1. The van der Waals surface area contributed by atoms with Gasteiger partial charge in [-0.25, -0.2) is 4.79 Å². The van der Waals surface area contributed by atoms with E-state index in [0.717, 1.165) is 0 Å². The van der Waals surface area contributed by atoms with Gasteiger partial charge in [-0.2, -0.15) is 0 Å². The maximum absolute atomic E-state index is 12.1. The van der Waals surface area contributed by atoms with Gasteiger partial charge in [0.25, 0.3) is 5.91 Å². The zero-order valence-electron chi connectivity index (χ0n) is 13.5. The van der Waals surface area contributed by atoms with Crippen LogP contribution in [0, 0.1) is 5.92 Å². The molecule has 0 aromatic heterocycles. The van der Waals surface area contributed by atoms with E-state index in [4.69, 9.17) is 18.9 Å². The van der Waals surface area contributed by atoms with Gasteiger partial charge < -0.3 is 24.3 Å². The van der Waals surface area contributed by atoms with Crippen molar-refractivity contribution in [3.8, 4) is 17.2 Å². The van der Waals surface area contributed by atoms with Gasteiger partial charge in [0, 0.05) is 6.54 Å². The molecule has 0 saturated carbocycles. The molecular weight excluding hydrogens is 302 g/mol. The summed E-state index contributed by atoms with van der Waals surface area (Å²) < 4.78 is 21.1. The van der Waals surface area contributed by atoms with Crippen molar-refractivity contribution >= 4 is 11.9 Å². The second kappa shape index (κ2) is 7.71. The Bertz CT molecular complexity index is 567. The Balaban J connectivity index is 2.00. The van der Waals surface area contributed by atoms with Crippen LogP contribution in [0.25, 0.3) is 0 Å². The summed E-state index contributed by atoms with van der Waals surface area (Å²) in [5.74, 6) is 0.642. The highest BCUT2D eigenvalue weighted by atomic mass is 16.6. The van der Waals surface area contributed by atoms with Gasteiger partial charge in [-0.05, 0) is 18.1 Å². The number of carbonyl (C=O) groups is 2. The number of esters is 1. The normalized spacial score (nSPS) is 12.7. The maximum atomic E-state index is 12.1. The molecule has 1 aromatic rings. The van der Waals surface area contributed by atoms with Gasteiger partial charge in [-0.3, -0.25) is 4.79 Å². The molecule has 0 bridgehead atoms. The molecule has 1 heterocycles. The predicted molar refractivity (Wildman–Crippen MR) is 82.1 cm³/mol. The molecule has 0 unspecified atom stereocenters. The Hall–Kier alpha value is -2.44. The SMILES string of the molecule is COc1cc(C(=O)OCC(=O)NCC(C)C)cc2c1OCCO2. The third-order valence-electron chi connectivity index (χ3n) is 3.11. The molecule has 2 rings (SSSR count). The molecule has 0 spiro atoms. The number of methoxy groups -OCH3 is 1. The minimum atomic E-state index is -0.625. The third-order valence-corrected chi connectivity index (χ3v) is 3.11. The second-order valence-electron chi connectivity index (χ2n) is 5.48. The summed E-state index contributed by atoms with van der Waals surface area (Å²) in [7, 11) is 1.47. The number of hydrogen-bond donors (Lipinski definition) is 1. The number of ether oxygens (including phenoxy) is 4. The van der Waals surface area contributed by atoms with E-state index >= 15 is 0 Å². The summed E-state index contributed by atoms with van der Waals surface area (Å²) in [4.78, 5) is 23.7. The number of rotatable bonds is 6. The summed E-state index contributed by atoms with van der Waals surface area (Å²) in [6, 6.07) is 3.02. The summed E-state index contributed by atoms with van der Waals surface area (Å²) in [5, 5.41) is 2.68. The van der Waals surface area contributed by atoms with Crippen molar-refractivity contribution in [3.63, 3.8) is 0 Å². The molecule has 0 radical (unpaired) electrons. The van der Waals surface area contributed by atoms with E-state index in [1.807, 2.05) is 13.8 Å². The highest BCUT2D eigenvalue weighted by Gasteiger charge is 2.21. The first-order chi connectivity index (χ1) is 11.0. The molecule has 1 amide bonds. The van der Waals surface area contributed by atoms with E-state index < -0.39 is 5.97 Å². The number of fused-ring (bicyclic) bond motifs is 1. The second-order valence-corrected chi connectivity index (χ2v) is 5.48. The first-order valence-corrected chi connectivity index (χ1v) is 7.42. The van der Waals surface area contributed by atoms with Crippen LogP contribution in [0.4, 0.5) is 0 Å². The Morgan fingerprint density at radius 2 is 2.00 bits per heavy atom. The van der Waals surface area contributed by atoms with Gasteiger partial charge in [0.05, 0.1) is 12.7 Å². The lowest BCUT2D eigenvalue weighted by atomic mass is 10.1. The third kappa shape index (κ3) is 4.51. The Morgan fingerprint density at radius 1 is 1.26 bits per heavy atom. The number of carbonyl (C=O) groups excluding carboxylic acids is 2. The van der Waals surface area contributed by atoms with Crippen LogP contribution in [-0.4, -0.2) is 45.4 Å². The van der Waals surface area contributed by atoms with Gasteiger partial charge in [0.15, 0.2) is 18.1 Å². The smallest absolute Gasteiger partial charge is 0.338 e. The molecule has 1 N–H and O–H groups in total. The van der Waals surface area contributed by atoms with Crippen molar-refractivity contribution in [2.24, 2.45) is 5.92 Å². The highest BCUT2D eigenvalue weighted by Crippen LogP contribution is 2.40. The van der Waals surface area contributed by atoms with Gasteiger partial charge in [0.2, 0.25) is 5.75 Å². The van der Waals surface area contributed by atoms with E-state index in [1.54, 1.807) is 0 Å². The molecule has 1 aromatic carbocycles. The summed E-state index contributed by atoms with van der Waals surface area (Å²) in [6.45, 7) is 4.98. The minimum Gasteiger partial charge on any atom is -0.493 e. The van der Waals surface area contributed by atoms with E-state index in [0.29, 0.717) is 42.9 Å². The minimum absolute atomic E-state index is 0.239. The molecule has 0 saturated heterocycles. The van der Waals surface area contributed by atoms with Gasteiger partial charge in [0.1, 0.15) is 13.2 Å². The predicted octanol–water partition coefficient (Wildman–Crippen LogP) is 1.40. The maximum Gasteiger partial charge on any atom is 0.338 e. The van der Waals surface area contributed by atoms with Crippen molar-refractivity contribution in [3.05, 3.63) is 17.7 Å². The Morgan fingerprint density at radius 3 is 2.70 bits per heavy atom. The van der Waals surface area contributed by atoms with Crippen LogP contribution in [0.15, 0.2) is 12.1 Å². The zero-order valence-corrected chi connectivity index (χ0v) is 13.5.